The van der Waals surface area contributed by atoms with Gasteiger partial charge in [0.1, 0.15) is 17.4 Å². The van der Waals surface area contributed by atoms with Gasteiger partial charge in [0, 0.05) is 12.6 Å². The van der Waals surface area contributed by atoms with Crippen LogP contribution in [0.4, 0.5) is 8.78 Å². The van der Waals surface area contributed by atoms with Crippen LogP contribution in [0.5, 0.6) is 5.75 Å². The van der Waals surface area contributed by atoms with E-state index in [9.17, 15) is 13.6 Å². The van der Waals surface area contributed by atoms with Crippen LogP contribution in [0, 0.1) is 11.6 Å². The maximum atomic E-state index is 13.0. The number of nitrogens with zero attached hydrogens (tertiary/aromatic N) is 1. The minimum Gasteiger partial charge on any atom is -0.484 e. The summed E-state index contributed by atoms with van der Waals surface area (Å²) in [7, 11) is 0. The lowest BCUT2D eigenvalue weighted by Crippen LogP contribution is -2.36. The van der Waals surface area contributed by atoms with E-state index in [-0.39, 0.29) is 30.2 Å². The highest BCUT2D eigenvalue weighted by molar-refractivity contribution is 5.78. The van der Waals surface area contributed by atoms with Gasteiger partial charge in [-0.1, -0.05) is 12.1 Å². The average molecular weight is 317 g/mol. The minimum absolute atomic E-state index is 0.0939. The summed E-state index contributed by atoms with van der Waals surface area (Å²) in [6, 6.07) is 11.9. The average Bonchev–Trinajstić information content (AvgIpc) is 3.38. The highest BCUT2D eigenvalue weighted by Crippen LogP contribution is 2.28. The zero-order valence-electron chi connectivity index (χ0n) is 12.5. The Hall–Kier alpha value is -2.43. The second-order valence-electron chi connectivity index (χ2n) is 5.62. The zero-order chi connectivity index (χ0) is 16.2. The van der Waals surface area contributed by atoms with E-state index in [0.717, 1.165) is 18.4 Å². The smallest absolute Gasteiger partial charge is 0.261 e. The predicted octanol–water partition coefficient (Wildman–Crippen LogP) is 3.53. The Kier molecular flexibility index (Phi) is 4.55. The van der Waals surface area contributed by atoms with E-state index in [0.29, 0.717) is 12.3 Å². The first kappa shape index (κ1) is 15.5. The molecule has 5 heteroatoms. The molecule has 1 aliphatic carbocycles. The molecule has 1 fully saturated rings. The highest BCUT2D eigenvalue weighted by Gasteiger charge is 2.32. The third-order valence-electron chi connectivity index (χ3n) is 3.75. The molecule has 0 N–H and O–H groups in total. The topological polar surface area (TPSA) is 29.5 Å². The molecular formula is C18H17F2NO2. The molecule has 0 bridgehead atoms. The number of benzene rings is 2. The van der Waals surface area contributed by atoms with E-state index in [2.05, 4.69) is 0 Å². The van der Waals surface area contributed by atoms with Gasteiger partial charge >= 0.3 is 0 Å². The standard InChI is InChI=1S/C18H17F2NO2/c19-14-3-1-13(2-4-14)11-21(16-7-8-16)18(22)12-23-17-9-5-15(20)6-10-17/h1-6,9-10,16H,7-8,11-12H2. The molecule has 0 spiro atoms. The van der Waals surface area contributed by atoms with Crippen molar-refractivity contribution in [1.82, 2.24) is 4.90 Å². The number of carbonyl (C=O) groups excluding carboxylic acids is 1. The molecule has 0 aliphatic heterocycles. The molecule has 0 atom stereocenters. The summed E-state index contributed by atoms with van der Waals surface area (Å²) in [5.41, 5.74) is 0.883. The van der Waals surface area contributed by atoms with Gasteiger partial charge in [0.25, 0.3) is 5.91 Å². The summed E-state index contributed by atoms with van der Waals surface area (Å²) >= 11 is 0. The maximum absolute atomic E-state index is 13.0. The molecular weight excluding hydrogens is 300 g/mol. The van der Waals surface area contributed by atoms with Gasteiger partial charge in [0.2, 0.25) is 0 Å². The number of hydrogen-bond donors (Lipinski definition) is 0. The molecule has 1 amide bonds. The molecule has 3 nitrogen and oxygen atoms in total. The normalized spacial score (nSPS) is 13.7. The Morgan fingerprint density at radius 3 is 2.13 bits per heavy atom. The van der Waals surface area contributed by atoms with Crippen LogP contribution < -0.4 is 4.74 Å². The molecule has 120 valence electrons. The van der Waals surface area contributed by atoms with Gasteiger partial charge in [0.15, 0.2) is 6.61 Å². The van der Waals surface area contributed by atoms with Gasteiger partial charge in [0.05, 0.1) is 0 Å². The molecule has 0 heterocycles. The molecule has 0 radical (unpaired) electrons. The first-order valence-corrected chi connectivity index (χ1v) is 7.54. The van der Waals surface area contributed by atoms with Gasteiger partial charge in [-0.15, -0.1) is 0 Å². The van der Waals surface area contributed by atoms with Crippen molar-refractivity contribution in [2.24, 2.45) is 0 Å². The molecule has 0 unspecified atom stereocenters. The molecule has 1 aliphatic rings. The second-order valence-corrected chi connectivity index (χ2v) is 5.62. The lowest BCUT2D eigenvalue weighted by atomic mass is 10.2. The lowest BCUT2D eigenvalue weighted by Gasteiger charge is -2.22. The van der Waals surface area contributed by atoms with E-state index in [1.165, 1.54) is 36.4 Å². The number of amides is 1. The Morgan fingerprint density at radius 2 is 1.57 bits per heavy atom. The fraction of sp³-hybridized carbons (Fsp3) is 0.278. The summed E-state index contributed by atoms with van der Waals surface area (Å²) in [5, 5.41) is 0. The number of ether oxygens (including phenoxy) is 1. The van der Waals surface area contributed by atoms with Gasteiger partial charge < -0.3 is 9.64 Å². The van der Waals surface area contributed by atoms with E-state index in [1.54, 1.807) is 17.0 Å². The van der Waals surface area contributed by atoms with E-state index in [4.69, 9.17) is 4.74 Å². The summed E-state index contributed by atoms with van der Waals surface area (Å²) in [6.07, 6.45) is 1.95. The van der Waals surface area contributed by atoms with Crippen molar-refractivity contribution in [3.05, 3.63) is 65.7 Å². The van der Waals surface area contributed by atoms with Crippen LogP contribution >= 0.6 is 0 Å². The fourth-order valence-corrected chi connectivity index (χ4v) is 2.35. The van der Waals surface area contributed by atoms with Crippen LogP contribution in [0.3, 0.4) is 0 Å². The Bertz CT molecular complexity index is 666. The largest absolute Gasteiger partial charge is 0.484 e. The second kappa shape index (κ2) is 6.77. The van der Waals surface area contributed by atoms with Crippen molar-refractivity contribution in [3.8, 4) is 5.75 Å². The van der Waals surface area contributed by atoms with Crippen LogP contribution in [-0.4, -0.2) is 23.5 Å². The zero-order valence-corrected chi connectivity index (χ0v) is 12.5. The van der Waals surface area contributed by atoms with Crippen LogP contribution in [0.25, 0.3) is 0 Å². The SMILES string of the molecule is O=C(COc1ccc(F)cc1)N(Cc1ccc(F)cc1)C1CC1. The van der Waals surface area contributed by atoms with Crippen molar-refractivity contribution < 1.29 is 18.3 Å². The molecule has 2 aromatic rings. The maximum Gasteiger partial charge on any atom is 0.261 e. The van der Waals surface area contributed by atoms with E-state index in [1.807, 2.05) is 0 Å². The van der Waals surface area contributed by atoms with Crippen molar-refractivity contribution in [3.63, 3.8) is 0 Å². The van der Waals surface area contributed by atoms with Crippen LogP contribution in [0.2, 0.25) is 0 Å². The highest BCUT2D eigenvalue weighted by atomic mass is 19.1. The molecule has 3 rings (SSSR count). The number of rotatable bonds is 6. The van der Waals surface area contributed by atoms with Gasteiger partial charge in [-0.05, 0) is 54.8 Å². The summed E-state index contributed by atoms with van der Waals surface area (Å²) in [4.78, 5) is 14.1. The lowest BCUT2D eigenvalue weighted by molar-refractivity contribution is -0.134. The van der Waals surface area contributed by atoms with Crippen molar-refractivity contribution in [2.75, 3.05) is 6.61 Å². The van der Waals surface area contributed by atoms with Crippen molar-refractivity contribution >= 4 is 5.91 Å². The Balaban J connectivity index is 1.60. The number of carbonyl (C=O) groups is 1. The summed E-state index contributed by atoms with van der Waals surface area (Å²) in [6.45, 7) is 0.347. The third kappa shape index (κ3) is 4.28. The Labute approximate surface area is 133 Å². The third-order valence-corrected chi connectivity index (χ3v) is 3.75. The number of halogens is 2. The first-order valence-electron chi connectivity index (χ1n) is 7.54. The molecule has 0 aromatic heterocycles. The van der Waals surface area contributed by atoms with Crippen molar-refractivity contribution in [2.45, 2.75) is 25.4 Å². The van der Waals surface area contributed by atoms with E-state index < -0.39 is 0 Å². The van der Waals surface area contributed by atoms with Crippen LogP contribution in [-0.2, 0) is 11.3 Å². The summed E-state index contributed by atoms with van der Waals surface area (Å²) in [5.74, 6) is -0.310. The van der Waals surface area contributed by atoms with Crippen molar-refractivity contribution in [1.29, 1.82) is 0 Å². The molecule has 2 aromatic carbocycles. The fourth-order valence-electron chi connectivity index (χ4n) is 2.35. The monoisotopic (exact) mass is 317 g/mol. The predicted molar refractivity (Wildman–Crippen MR) is 81.9 cm³/mol. The van der Waals surface area contributed by atoms with Gasteiger partial charge in [-0.25, -0.2) is 8.78 Å². The molecule has 1 saturated carbocycles. The van der Waals surface area contributed by atoms with Crippen LogP contribution in [0.1, 0.15) is 18.4 Å². The van der Waals surface area contributed by atoms with Crippen LogP contribution in [0.15, 0.2) is 48.5 Å². The van der Waals surface area contributed by atoms with Gasteiger partial charge in [-0.2, -0.15) is 0 Å². The Morgan fingerprint density at radius 1 is 1.00 bits per heavy atom. The summed E-state index contributed by atoms with van der Waals surface area (Å²) < 4.78 is 31.2. The molecule has 23 heavy (non-hydrogen) atoms. The van der Waals surface area contributed by atoms with Gasteiger partial charge in [-0.3, -0.25) is 4.79 Å². The van der Waals surface area contributed by atoms with E-state index >= 15 is 0 Å². The minimum atomic E-state index is -0.348. The first-order chi connectivity index (χ1) is 11.1. The quantitative estimate of drug-likeness (QED) is 0.815. The molecule has 0 saturated heterocycles. The number of hydrogen-bond acceptors (Lipinski definition) is 2.